The lowest BCUT2D eigenvalue weighted by Crippen LogP contribution is -2.13. The van der Waals surface area contributed by atoms with Crippen LogP contribution in [0.5, 0.6) is 5.75 Å². The normalized spacial score (nSPS) is 11.6. The molecule has 0 aliphatic heterocycles. The molecule has 6 heteroatoms. The third-order valence-corrected chi connectivity index (χ3v) is 5.74. The van der Waals surface area contributed by atoms with Gasteiger partial charge in [-0.2, -0.15) is 0 Å². The monoisotopic (exact) mass is 425 g/mol. The minimum absolute atomic E-state index is 0.831. The van der Waals surface area contributed by atoms with E-state index < -0.39 is 0 Å². The third kappa shape index (κ3) is 4.09. The number of nitrogens with zero attached hydrogens (tertiary/aromatic N) is 3. The minimum Gasteiger partial charge on any atom is -0.497 e. The summed E-state index contributed by atoms with van der Waals surface area (Å²) in [7, 11) is 5.89. The van der Waals surface area contributed by atoms with E-state index in [-0.39, 0.29) is 0 Å². The third-order valence-electron chi connectivity index (χ3n) is 5.74. The van der Waals surface area contributed by atoms with Crippen molar-refractivity contribution in [2.75, 3.05) is 27.7 Å². The van der Waals surface area contributed by atoms with Gasteiger partial charge in [0.2, 0.25) is 0 Å². The van der Waals surface area contributed by atoms with E-state index in [9.17, 15) is 0 Å². The molecule has 162 valence electrons. The fourth-order valence-corrected chi connectivity index (χ4v) is 3.99. The highest BCUT2D eigenvalue weighted by molar-refractivity contribution is 5.86. The van der Waals surface area contributed by atoms with Crippen molar-refractivity contribution in [2.45, 2.75) is 12.8 Å². The molecule has 6 nitrogen and oxygen atoms in total. The Labute approximate surface area is 187 Å². The fourth-order valence-electron chi connectivity index (χ4n) is 3.99. The number of aromatic amines is 2. The van der Waals surface area contributed by atoms with Gasteiger partial charge in [0.1, 0.15) is 17.4 Å². The van der Waals surface area contributed by atoms with E-state index in [0.717, 1.165) is 70.0 Å². The van der Waals surface area contributed by atoms with Crippen molar-refractivity contribution in [3.05, 3.63) is 66.2 Å². The largest absolute Gasteiger partial charge is 0.497 e. The molecule has 0 amide bonds. The number of methoxy groups -OCH3 is 1. The Bertz CT molecular complexity index is 1360. The van der Waals surface area contributed by atoms with E-state index in [1.54, 1.807) is 7.11 Å². The lowest BCUT2D eigenvalue weighted by atomic mass is 10.1. The van der Waals surface area contributed by atoms with E-state index in [4.69, 9.17) is 14.7 Å². The van der Waals surface area contributed by atoms with Crippen molar-refractivity contribution < 1.29 is 4.74 Å². The molecule has 0 aliphatic carbocycles. The van der Waals surface area contributed by atoms with E-state index >= 15 is 0 Å². The SMILES string of the molecule is COc1ccc(-c2nc3ccc(-c4nc5ccc(CCCN(C)C)cc5[nH]4)cc3[nH]2)cc1. The minimum atomic E-state index is 0.831. The van der Waals surface area contributed by atoms with Crippen molar-refractivity contribution in [1.29, 1.82) is 0 Å². The second-order valence-corrected chi connectivity index (χ2v) is 8.39. The van der Waals surface area contributed by atoms with Crippen LogP contribution in [-0.4, -0.2) is 52.6 Å². The van der Waals surface area contributed by atoms with Gasteiger partial charge in [0.15, 0.2) is 0 Å². The zero-order chi connectivity index (χ0) is 22.1. The van der Waals surface area contributed by atoms with E-state index in [2.05, 4.69) is 59.3 Å². The van der Waals surface area contributed by atoms with Gasteiger partial charge in [-0.05, 0) is 93.6 Å². The summed E-state index contributed by atoms with van der Waals surface area (Å²) < 4.78 is 5.25. The molecule has 2 heterocycles. The first-order chi connectivity index (χ1) is 15.6. The Morgan fingerprint density at radius 1 is 0.781 bits per heavy atom. The number of aryl methyl sites for hydroxylation is 1. The average Bonchev–Trinajstić information content (AvgIpc) is 3.42. The van der Waals surface area contributed by atoms with E-state index in [1.165, 1.54) is 5.56 Å². The molecule has 0 radical (unpaired) electrons. The molecule has 0 saturated carbocycles. The highest BCUT2D eigenvalue weighted by Gasteiger charge is 2.10. The van der Waals surface area contributed by atoms with Gasteiger partial charge in [0, 0.05) is 11.1 Å². The number of benzene rings is 3. The highest BCUT2D eigenvalue weighted by Crippen LogP contribution is 2.27. The molecule has 5 rings (SSSR count). The van der Waals surface area contributed by atoms with Crippen LogP contribution in [-0.2, 0) is 6.42 Å². The molecule has 5 aromatic rings. The molecule has 0 saturated heterocycles. The van der Waals surface area contributed by atoms with Crippen LogP contribution in [0, 0.1) is 0 Å². The number of H-pyrrole nitrogens is 2. The van der Waals surface area contributed by atoms with Crippen LogP contribution in [0.2, 0.25) is 0 Å². The molecule has 2 aromatic heterocycles. The summed E-state index contributed by atoms with van der Waals surface area (Å²) in [5.74, 6) is 2.54. The molecule has 0 aliphatic rings. The maximum Gasteiger partial charge on any atom is 0.138 e. The van der Waals surface area contributed by atoms with Gasteiger partial charge < -0.3 is 19.6 Å². The van der Waals surface area contributed by atoms with Crippen LogP contribution in [0.15, 0.2) is 60.7 Å². The standard InChI is InChI=1S/C26H27N5O/c1-31(2)14-4-5-17-6-12-21-23(15-17)29-26(28-21)19-9-13-22-24(16-19)30-25(27-22)18-7-10-20(32-3)11-8-18/h6-13,15-16H,4-5,14H2,1-3H3,(H,27,30)(H,28,29). The summed E-state index contributed by atoms with van der Waals surface area (Å²) in [6, 6.07) is 20.6. The van der Waals surface area contributed by atoms with Crippen molar-refractivity contribution in [3.63, 3.8) is 0 Å². The van der Waals surface area contributed by atoms with Gasteiger partial charge >= 0.3 is 0 Å². The lowest BCUT2D eigenvalue weighted by molar-refractivity contribution is 0.400. The summed E-state index contributed by atoms with van der Waals surface area (Å²) in [6.07, 6.45) is 2.21. The van der Waals surface area contributed by atoms with Crippen LogP contribution in [0.1, 0.15) is 12.0 Å². The van der Waals surface area contributed by atoms with Crippen LogP contribution in [0.3, 0.4) is 0 Å². The second kappa shape index (κ2) is 8.48. The molecule has 32 heavy (non-hydrogen) atoms. The first kappa shape index (κ1) is 20.3. The Morgan fingerprint density at radius 3 is 2.09 bits per heavy atom. The van der Waals surface area contributed by atoms with Gasteiger partial charge in [-0.25, -0.2) is 9.97 Å². The maximum atomic E-state index is 5.25. The highest BCUT2D eigenvalue weighted by atomic mass is 16.5. The van der Waals surface area contributed by atoms with Gasteiger partial charge in [-0.1, -0.05) is 6.07 Å². The number of hydrogen-bond donors (Lipinski definition) is 2. The number of rotatable bonds is 7. The predicted octanol–water partition coefficient (Wildman–Crippen LogP) is 5.28. The number of imidazole rings is 2. The maximum absolute atomic E-state index is 5.25. The molecule has 0 spiro atoms. The van der Waals surface area contributed by atoms with Crippen LogP contribution < -0.4 is 4.74 Å². The Morgan fingerprint density at radius 2 is 1.41 bits per heavy atom. The molecule has 0 unspecified atom stereocenters. The summed E-state index contributed by atoms with van der Waals surface area (Å²) in [5.41, 5.74) is 7.37. The molecule has 3 aromatic carbocycles. The van der Waals surface area contributed by atoms with Crippen molar-refractivity contribution in [1.82, 2.24) is 24.8 Å². The molecule has 0 atom stereocenters. The number of hydrogen-bond acceptors (Lipinski definition) is 4. The van der Waals surface area contributed by atoms with Crippen LogP contribution >= 0.6 is 0 Å². The lowest BCUT2D eigenvalue weighted by Gasteiger charge is -2.08. The second-order valence-electron chi connectivity index (χ2n) is 8.39. The molecular formula is C26H27N5O. The summed E-state index contributed by atoms with van der Waals surface area (Å²) in [5, 5.41) is 0. The molecule has 0 fully saturated rings. The van der Waals surface area contributed by atoms with Crippen LogP contribution in [0.25, 0.3) is 44.8 Å². The Hall–Kier alpha value is -3.64. The van der Waals surface area contributed by atoms with Crippen molar-refractivity contribution in [2.24, 2.45) is 0 Å². The number of ether oxygens (including phenoxy) is 1. The van der Waals surface area contributed by atoms with Crippen molar-refractivity contribution >= 4 is 22.1 Å². The number of nitrogens with one attached hydrogen (secondary N) is 2. The summed E-state index contributed by atoms with van der Waals surface area (Å²) in [6.45, 7) is 1.09. The average molecular weight is 426 g/mol. The number of fused-ring (bicyclic) bond motifs is 2. The topological polar surface area (TPSA) is 69.8 Å². The Balaban J connectivity index is 1.42. The zero-order valence-corrected chi connectivity index (χ0v) is 18.6. The van der Waals surface area contributed by atoms with E-state index in [1.807, 2.05) is 30.3 Å². The Kier molecular flexibility index (Phi) is 5.37. The van der Waals surface area contributed by atoms with Crippen LogP contribution in [0.4, 0.5) is 0 Å². The number of aromatic nitrogens is 4. The first-order valence-electron chi connectivity index (χ1n) is 10.9. The van der Waals surface area contributed by atoms with Gasteiger partial charge in [0.25, 0.3) is 0 Å². The smallest absolute Gasteiger partial charge is 0.138 e. The van der Waals surface area contributed by atoms with Gasteiger partial charge in [-0.3, -0.25) is 0 Å². The van der Waals surface area contributed by atoms with E-state index in [0.29, 0.717) is 0 Å². The molecule has 2 N–H and O–H groups in total. The van der Waals surface area contributed by atoms with Gasteiger partial charge in [0.05, 0.1) is 29.2 Å². The summed E-state index contributed by atoms with van der Waals surface area (Å²) >= 11 is 0. The van der Waals surface area contributed by atoms with Crippen molar-refractivity contribution in [3.8, 4) is 28.5 Å². The fraction of sp³-hybridized carbons (Fsp3) is 0.231. The first-order valence-corrected chi connectivity index (χ1v) is 10.9. The van der Waals surface area contributed by atoms with Gasteiger partial charge in [-0.15, -0.1) is 0 Å². The molecule has 0 bridgehead atoms. The zero-order valence-electron chi connectivity index (χ0n) is 18.6. The summed E-state index contributed by atoms with van der Waals surface area (Å²) in [4.78, 5) is 18.7. The quantitative estimate of drug-likeness (QED) is 0.372. The predicted molar refractivity (Wildman–Crippen MR) is 130 cm³/mol. The molecular weight excluding hydrogens is 398 g/mol.